The van der Waals surface area contributed by atoms with Gasteiger partial charge < -0.3 is 5.32 Å². The van der Waals surface area contributed by atoms with E-state index in [0.29, 0.717) is 0 Å². The van der Waals surface area contributed by atoms with Crippen molar-refractivity contribution >= 4 is 0 Å². The van der Waals surface area contributed by atoms with E-state index in [0.717, 1.165) is 19.0 Å². The number of rotatable bonds is 4. The molecular formula is C15H25N3. The molecule has 1 unspecified atom stereocenters. The number of aromatic nitrogens is 1. The Labute approximate surface area is 111 Å². The Bertz CT molecular complexity index is 359. The third kappa shape index (κ3) is 2.90. The molecule has 2 rings (SSSR count). The van der Waals surface area contributed by atoms with Gasteiger partial charge in [0.1, 0.15) is 0 Å². The van der Waals surface area contributed by atoms with Gasteiger partial charge in [-0.2, -0.15) is 0 Å². The Morgan fingerprint density at radius 3 is 2.94 bits per heavy atom. The van der Waals surface area contributed by atoms with E-state index in [4.69, 9.17) is 0 Å². The Morgan fingerprint density at radius 2 is 2.28 bits per heavy atom. The molecular weight excluding hydrogens is 222 g/mol. The fourth-order valence-corrected chi connectivity index (χ4v) is 3.00. The van der Waals surface area contributed by atoms with E-state index in [-0.39, 0.29) is 5.54 Å². The smallest absolute Gasteiger partial charge is 0.0544 e. The highest BCUT2D eigenvalue weighted by Gasteiger charge is 2.37. The van der Waals surface area contributed by atoms with Gasteiger partial charge >= 0.3 is 0 Å². The van der Waals surface area contributed by atoms with Crippen LogP contribution in [0.5, 0.6) is 0 Å². The summed E-state index contributed by atoms with van der Waals surface area (Å²) in [6, 6.07) is 6.18. The lowest BCUT2D eigenvalue weighted by molar-refractivity contribution is 0.0152. The van der Waals surface area contributed by atoms with Crippen LogP contribution in [0.2, 0.25) is 0 Å². The molecule has 3 nitrogen and oxygen atoms in total. The number of piperidine rings is 1. The molecule has 0 saturated carbocycles. The minimum Gasteiger partial charge on any atom is -0.319 e. The summed E-state index contributed by atoms with van der Waals surface area (Å²) in [5, 5.41) is 3.34. The molecule has 0 spiro atoms. The van der Waals surface area contributed by atoms with Crippen molar-refractivity contribution < 1.29 is 0 Å². The van der Waals surface area contributed by atoms with Gasteiger partial charge in [-0.15, -0.1) is 0 Å². The van der Waals surface area contributed by atoms with Gasteiger partial charge in [-0.05, 0) is 64.9 Å². The van der Waals surface area contributed by atoms with Gasteiger partial charge in [-0.3, -0.25) is 9.88 Å². The Morgan fingerprint density at radius 1 is 1.44 bits per heavy atom. The summed E-state index contributed by atoms with van der Waals surface area (Å²) < 4.78 is 0. The van der Waals surface area contributed by atoms with Crippen LogP contribution in [-0.4, -0.2) is 35.6 Å². The normalized spacial score (nSPS) is 24.1. The first-order valence-corrected chi connectivity index (χ1v) is 6.94. The minimum absolute atomic E-state index is 0.249. The molecule has 0 aliphatic carbocycles. The average molecular weight is 247 g/mol. The molecule has 0 bridgehead atoms. The van der Waals surface area contributed by atoms with E-state index in [1.54, 1.807) is 0 Å². The van der Waals surface area contributed by atoms with Gasteiger partial charge in [0.25, 0.3) is 0 Å². The molecule has 1 fully saturated rings. The predicted molar refractivity (Wildman–Crippen MR) is 75.4 cm³/mol. The van der Waals surface area contributed by atoms with Crippen LogP contribution in [0.25, 0.3) is 0 Å². The number of hydrogen-bond acceptors (Lipinski definition) is 3. The summed E-state index contributed by atoms with van der Waals surface area (Å²) in [7, 11) is 2.05. The third-order valence-electron chi connectivity index (χ3n) is 4.32. The molecule has 100 valence electrons. The molecule has 1 aromatic heterocycles. The van der Waals surface area contributed by atoms with Crippen LogP contribution in [0.3, 0.4) is 0 Å². The van der Waals surface area contributed by atoms with Gasteiger partial charge in [0.05, 0.1) is 5.69 Å². The van der Waals surface area contributed by atoms with Crippen LogP contribution in [-0.2, 0) is 6.54 Å². The maximum absolute atomic E-state index is 4.45. The number of pyridine rings is 1. The second kappa shape index (κ2) is 5.81. The molecule has 1 aromatic rings. The minimum atomic E-state index is 0.249. The first kappa shape index (κ1) is 13.5. The van der Waals surface area contributed by atoms with Crippen molar-refractivity contribution in [3.8, 4) is 0 Å². The highest BCUT2D eigenvalue weighted by Crippen LogP contribution is 2.33. The summed E-state index contributed by atoms with van der Waals surface area (Å²) >= 11 is 0. The lowest BCUT2D eigenvalue weighted by atomic mass is 9.79. The highest BCUT2D eigenvalue weighted by atomic mass is 15.2. The topological polar surface area (TPSA) is 28.2 Å². The van der Waals surface area contributed by atoms with E-state index in [9.17, 15) is 0 Å². The Balaban J connectivity index is 2.07. The van der Waals surface area contributed by atoms with Gasteiger partial charge in [-0.25, -0.2) is 0 Å². The molecule has 0 aromatic carbocycles. The summed E-state index contributed by atoms with van der Waals surface area (Å²) in [5.41, 5.74) is 1.43. The quantitative estimate of drug-likeness (QED) is 0.885. The second-order valence-corrected chi connectivity index (χ2v) is 5.79. The lowest BCUT2D eigenvalue weighted by Gasteiger charge is -2.48. The molecule has 2 heterocycles. The summed E-state index contributed by atoms with van der Waals surface area (Å²) in [4.78, 5) is 7.04. The first-order chi connectivity index (χ1) is 8.64. The maximum atomic E-state index is 4.45. The van der Waals surface area contributed by atoms with Gasteiger partial charge in [0.2, 0.25) is 0 Å². The maximum Gasteiger partial charge on any atom is 0.0544 e. The van der Waals surface area contributed by atoms with Crippen molar-refractivity contribution in [2.75, 3.05) is 20.1 Å². The van der Waals surface area contributed by atoms with Crippen LogP contribution in [0, 0.1) is 5.92 Å². The zero-order chi connectivity index (χ0) is 13.0. The average Bonchev–Trinajstić information content (AvgIpc) is 2.36. The Kier molecular flexibility index (Phi) is 4.36. The lowest BCUT2D eigenvalue weighted by Crippen LogP contribution is -2.55. The van der Waals surface area contributed by atoms with Crippen LogP contribution in [0.1, 0.15) is 32.4 Å². The van der Waals surface area contributed by atoms with Crippen LogP contribution >= 0.6 is 0 Å². The van der Waals surface area contributed by atoms with Crippen LogP contribution < -0.4 is 5.32 Å². The van der Waals surface area contributed by atoms with Gasteiger partial charge in [0.15, 0.2) is 0 Å². The highest BCUT2D eigenvalue weighted by molar-refractivity contribution is 5.05. The van der Waals surface area contributed by atoms with Gasteiger partial charge in [-0.1, -0.05) is 6.07 Å². The SMILES string of the molecule is CNCC1CCCN(Cc2ccccn2)C1(C)C. The van der Waals surface area contributed by atoms with E-state index in [1.807, 2.05) is 19.3 Å². The molecule has 1 N–H and O–H groups in total. The molecule has 1 saturated heterocycles. The molecule has 1 aliphatic heterocycles. The third-order valence-corrected chi connectivity index (χ3v) is 4.32. The van der Waals surface area contributed by atoms with E-state index in [1.165, 1.54) is 25.1 Å². The summed E-state index contributed by atoms with van der Waals surface area (Å²) in [6.07, 6.45) is 4.51. The van der Waals surface area contributed by atoms with Crippen LogP contribution in [0.15, 0.2) is 24.4 Å². The van der Waals surface area contributed by atoms with Gasteiger partial charge in [0, 0.05) is 18.3 Å². The van der Waals surface area contributed by atoms with Crippen molar-refractivity contribution in [1.29, 1.82) is 0 Å². The standard InChI is InChI=1S/C15H25N3/c1-15(2)13(11-16-3)7-6-10-18(15)12-14-8-4-5-9-17-14/h4-5,8-9,13,16H,6-7,10-12H2,1-3H3. The van der Waals surface area contributed by atoms with Crippen molar-refractivity contribution in [2.24, 2.45) is 5.92 Å². The van der Waals surface area contributed by atoms with Crippen molar-refractivity contribution in [3.05, 3.63) is 30.1 Å². The first-order valence-electron chi connectivity index (χ1n) is 6.94. The molecule has 1 atom stereocenters. The Hall–Kier alpha value is -0.930. The second-order valence-electron chi connectivity index (χ2n) is 5.79. The largest absolute Gasteiger partial charge is 0.319 e. The zero-order valence-electron chi connectivity index (χ0n) is 11.8. The summed E-state index contributed by atoms with van der Waals surface area (Å²) in [6.45, 7) is 8.00. The fraction of sp³-hybridized carbons (Fsp3) is 0.667. The monoisotopic (exact) mass is 247 g/mol. The molecule has 0 amide bonds. The van der Waals surface area contributed by atoms with Crippen molar-refractivity contribution in [3.63, 3.8) is 0 Å². The molecule has 3 heteroatoms. The molecule has 1 aliphatic rings. The van der Waals surface area contributed by atoms with E-state index < -0.39 is 0 Å². The summed E-state index contributed by atoms with van der Waals surface area (Å²) in [5.74, 6) is 0.722. The number of nitrogens with zero attached hydrogens (tertiary/aromatic N) is 2. The van der Waals surface area contributed by atoms with E-state index >= 15 is 0 Å². The number of hydrogen-bond donors (Lipinski definition) is 1. The van der Waals surface area contributed by atoms with E-state index in [2.05, 4.69) is 41.2 Å². The van der Waals surface area contributed by atoms with Crippen molar-refractivity contribution in [1.82, 2.24) is 15.2 Å². The fourth-order valence-electron chi connectivity index (χ4n) is 3.00. The molecule has 18 heavy (non-hydrogen) atoms. The predicted octanol–water partition coefficient (Wildman–Crippen LogP) is 2.29. The number of likely N-dealkylation sites (tertiary alicyclic amines) is 1. The number of nitrogens with one attached hydrogen (secondary N) is 1. The van der Waals surface area contributed by atoms with Crippen LogP contribution in [0.4, 0.5) is 0 Å². The van der Waals surface area contributed by atoms with Crippen molar-refractivity contribution in [2.45, 2.75) is 38.8 Å². The zero-order valence-corrected chi connectivity index (χ0v) is 11.8. The molecule has 0 radical (unpaired) electrons.